The molecule has 38 heavy (non-hydrogen) atoms. The number of benzene rings is 2. The molecule has 1 atom stereocenters. The lowest BCUT2D eigenvalue weighted by Crippen LogP contribution is -2.38. The molecule has 1 unspecified atom stereocenters. The number of nitrogens with zero attached hydrogens (tertiary/aromatic N) is 3. The minimum absolute atomic E-state index is 0.0712. The van der Waals surface area contributed by atoms with Gasteiger partial charge in [-0.2, -0.15) is 13.2 Å². The molecule has 210 valence electrons. The summed E-state index contributed by atoms with van der Waals surface area (Å²) in [6.45, 7) is 8.32. The molecule has 3 rings (SSSR count). The maximum Gasteiger partial charge on any atom is 0.430 e. The molecule has 1 heterocycles. The van der Waals surface area contributed by atoms with Gasteiger partial charge in [0.25, 0.3) is 0 Å². The highest BCUT2D eigenvalue weighted by Gasteiger charge is 2.40. The topological polar surface area (TPSA) is 75.9 Å². The van der Waals surface area contributed by atoms with E-state index in [9.17, 15) is 17.7 Å². The number of carboxylic acids is 1. The molecule has 0 aromatic heterocycles. The molecule has 0 saturated carbocycles. The van der Waals surface area contributed by atoms with Gasteiger partial charge in [-0.3, -0.25) is 4.57 Å². The molecule has 2 aliphatic rings. The first-order valence-corrected chi connectivity index (χ1v) is 14.3. The van der Waals surface area contributed by atoms with Crippen molar-refractivity contribution < 1.29 is 32.2 Å². The van der Waals surface area contributed by atoms with Crippen LogP contribution in [0.3, 0.4) is 0 Å². The number of anilines is 1. The molecule has 0 fully saturated rings. The molecule has 0 saturated heterocycles. The Balaban J connectivity index is 0.000000638. The predicted octanol–water partition coefficient (Wildman–Crippen LogP) is 3.99. The van der Waals surface area contributed by atoms with Crippen molar-refractivity contribution in [1.82, 2.24) is 9.25 Å². The zero-order valence-electron chi connectivity index (χ0n) is 23.1. The van der Waals surface area contributed by atoms with E-state index >= 15 is 0 Å². The molecule has 1 aliphatic heterocycles. The second kappa shape index (κ2) is 12.2. The lowest BCUT2D eigenvalue weighted by atomic mass is 10.1. The third-order valence-corrected chi connectivity index (χ3v) is 10.0. The van der Waals surface area contributed by atoms with Gasteiger partial charge in [0.1, 0.15) is 20.1 Å². The fourth-order valence-corrected chi connectivity index (χ4v) is 8.34. The zero-order valence-corrected chi connectivity index (χ0v) is 24.8. The third kappa shape index (κ3) is 6.75. The number of halogens is 3. The van der Waals surface area contributed by atoms with Crippen LogP contribution in [-0.4, -0.2) is 64.2 Å². The van der Waals surface area contributed by atoms with Crippen LogP contribution in [0.1, 0.15) is 27.7 Å². The fourth-order valence-electron chi connectivity index (χ4n) is 4.21. The minimum atomic E-state index is -5.19. The highest BCUT2D eigenvalue weighted by Crippen LogP contribution is 2.56. The van der Waals surface area contributed by atoms with Crippen molar-refractivity contribution >= 4 is 45.9 Å². The fraction of sp³-hybridized carbons (Fsp3) is 0.462. The summed E-state index contributed by atoms with van der Waals surface area (Å²) in [5.41, 5.74) is 2.12. The Morgan fingerprint density at radius 2 is 1.61 bits per heavy atom. The molecule has 0 N–H and O–H groups in total. The Hall–Kier alpha value is -2.46. The van der Waals surface area contributed by atoms with Gasteiger partial charge in [0.2, 0.25) is 5.36 Å². The van der Waals surface area contributed by atoms with E-state index in [4.69, 9.17) is 14.4 Å². The minimum Gasteiger partial charge on any atom is -0.542 e. The lowest BCUT2D eigenvalue weighted by Gasteiger charge is -2.38. The first kappa shape index (κ1) is 31.8. The summed E-state index contributed by atoms with van der Waals surface area (Å²) in [6, 6.07) is 12.9. The van der Waals surface area contributed by atoms with Gasteiger partial charge in [-0.25, -0.2) is 9.25 Å². The van der Waals surface area contributed by atoms with Crippen molar-refractivity contribution in [3.05, 3.63) is 41.8 Å². The van der Waals surface area contributed by atoms with Gasteiger partial charge in [0.05, 0.1) is 5.30 Å². The van der Waals surface area contributed by atoms with Crippen LogP contribution in [0.15, 0.2) is 36.4 Å². The van der Waals surface area contributed by atoms with E-state index in [1.165, 1.54) is 0 Å². The van der Waals surface area contributed by atoms with Gasteiger partial charge in [-0.15, -0.1) is 11.3 Å². The molecular weight excluding hydrogens is 538 g/mol. The van der Waals surface area contributed by atoms with Crippen LogP contribution < -0.4 is 25.2 Å². The number of aliphatic carboxylic acids is 1. The molecule has 0 amide bonds. The number of hydrogen-bond donors (Lipinski definition) is 0. The summed E-state index contributed by atoms with van der Waals surface area (Å²) in [5, 5.41) is 11.7. The molecule has 7 nitrogen and oxygen atoms in total. The van der Waals surface area contributed by atoms with Gasteiger partial charge in [-0.1, -0.05) is 6.07 Å². The molecule has 1 aromatic carbocycles. The van der Waals surface area contributed by atoms with E-state index in [1.54, 1.807) is 18.4 Å². The quantitative estimate of drug-likeness (QED) is 0.252. The Morgan fingerprint density at radius 1 is 1.05 bits per heavy atom. The molecule has 1 aromatic rings. The molecule has 0 spiro atoms. The summed E-state index contributed by atoms with van der Waals surface area (Å²) in [6.07, 6.45) is -5.19. The van der Waals surface area contributed by atoms with Crippen molar-refractivity contribution in [2.24, 2.45) is 0 Å². The van der Waals surface area contributed by atoms with Crippen LogP contribution in [0, 0.1) is 0 Å². The SMILES string of the molecule is COP(=O)(c1c2ccc(=[N+](C)C)cc-2sc2cc(N(C)C)ccc12)N(C(C)C)C(C)C.O=C([O-])C(F)(F)F. The second-order valence-electron chi connectivity index (χ2n) is 9.66. The van der Waals surface area contributed by atoms with E-state index in [-0.39, 0.29) is 12.1 Å². The van der Waals surface area contributed by atoms with Crippen LogP contribution in [0.25, 0.3) is 20.5 Å². The van der Waals surface area contributed by atoms with Crippen LogP contribution >= 0.6 is 18.9 Å². The highest BCUT2D eigenvalue weighted by atomic mass is 32.1. The van der Waals surface area contributed by atoms with E-state index < -0.39 is 19.7 Å². The zero-order chi connectivity index (χ0) is 29.2. The number of carboxylic acid groups (broad SMARTS) is 1. The normalized spacial score (nSPS) is 13.6. The highest BCUT2D eigenvalue weighted by molar-refractivity contribution is 7.65. The maximum absolute atomic E-state index is 14.7. The molecule has 0 bridgehead atoms. The van der Waals surface area contributed by atoms with Crippen molar-refractivity contribution in [2.45, 2.75) is 46.0 Å². The van der Waals surface area contributed by atoms with Gasteiger partial charge < -0.3 is 19.3 Å². The van der Waals surface area contributed by atoms with Crippen molar-refractivity contribution in [3.63, 3.8) is 0 Å². The van der Waals surface area contributed by atoms with Crippen molar-refractivity contribution in [2.75, 3.05) is 40.2 Å². The summed E-state index contributed by atoms with van der Waals surface area (Å²) >= 11 is 1.74. The van der Waals surface area contributed by atoms with Gasteiger partial charge in [-0.05, 0) is 45.9 Å². The Kier molecular flexibility index (Phi) is 10.2. The van der Waals surface area contributed by atoms with Crippen molar-refractivity contribution in [1.29, 1.82) is 0 Å². The lowest BCUT2D eigenvalue weighted by molar-refractivity contribution is -0.344. The largest absolute Gasteiger partial charge is 0.542 e. The summed E-state index contributed by atoms with van der Waals surface area (Å²) in [5.74, 6) is -3.01. The average molecular weight is 574 g/mol. The van der Waals surface area contributed by atoms with Crippen LogP contribution in [-0.2, 0) is 13.9 Å². The number of alkyl halides is 3. The summed E-state index contributed by atoms with van der Waals surface area (Å²) < 4.78 is 57.4. The van der Waals surface area contributed by atoms with Crippen LogP contribution in [0.5, 0.6) is 0 Å². The van der Waals surface area contributed by atoms with E-state index in [0.29, 0.717) is 0 Å². The summed E-state index contributed by atoms with van der Waals surface area (Å²) in [4.78, 5) is 12.0. The van der Waals surface area contributed by atoms with E-state index in [2.05, 4.69) is 73.6 Å². The molecule has 1 aliphatic carbocycles. The van der Waals surface area contributed by atoms with Gasteiger partial charge >= 0.3 is 13.7 Å². The smallest absolute Gasteiger partial charge is 0.430 e. The Bertz CT molecular complexity index is 1370. The third-order valence-electron chi connectivity index (χ3n) is 5.82. The number of carbonyl (C=O) groups excluding carboxylic acids is 1. The standard InChI is InChI=1S/C24H35N3O2PS.C2HF3O2/c1-16(2)27(17(3)4)30(28,29-9)24-20-12-10-18(25(5)6)14-22(20)31-23-15-19(26(7)8)11-13-21(23)24;3-2(4,5)1(6)7/h10-17H,1-9H3;(H,6,7)/q+1;/p-1. The first-order valence-electron chi connectivity index (χ1n) is 11.9. The number of fused-ring (bicyclic) bond motifs is 2. The van der Waals surface area contributed by atoms with Crippen molar-refractivity contribution in [3.8, 4) is 10.4 Å². The Morgan fingerprint density at radius 3 is 2.03 bits per heavy atom. The maximum atomic E-state index is 14.7. The van der Waals surface area contributed by atoms with E-state index in [1.807, 2.05) is 32.9 Å². The van der Waals surface area contributed by atoms with Crippen LogP contribution in [0.2, 0.25) is 0 Å². The van der Waals surface area contributed by atoms with Crippen LogP contribution in [0.4, 0.5) is 18.9 Å². The van der Waals surface area contributed by atoms with E-state index in [0.717, 1.165) is 36.9 Å². The second-order valence-corrected chi connectivity index (χ2v) is 13.1. The number of rotatable bonds is 6. The van der Waals surface area contributed by atoms with Gasteiger partial charge in [0, 0.05) is 71.6 Å². The predicted molar refractivity (Wildman–Crippen MR) is 147 cm³/mol. The molecule has 12 heteroatoms. The van der Waals surface area contributed by atoms with Gasteiger partial charge in [0.15, 0.2) is 0 Å². The molecule has 0 radical (unpaired) electrons. The average Bonchev–Trinajstić information content (AvgIpc) is 2.80. The monoisotopic (exact) mass is 573 g/mol. The Labute approximate surface area is 225 Å². The molecular formula is C26H35F3N3O4PS. The number of carbonyl (C=O) groups is 1. The number of hydrogen-bond acceptors (Lipinski definition) is 6. The summed E-state index contributed by atoms with van der Waals surface area (Å²) in [7, 11) is 6.40. The first-order chi connectivity index (χ1) is 17.4.